The molecule has 1 aliphatic heterocycles. The van der Waals surface area contributed by atoms with Crippen LogP contribution in [0.3, 0.4) is 0 Å². The molecule has 0 atom stereocenters. The third-order valence-corrected chi connectivity index (χ3v) is 5.27. The van der Waals surface area contributed by atoms with Crippen molar-refractivity contribution in [1.29, 1.82) is 0 Å². The summed E-state index contributed by atoms with van der Waals surface area (Å²) in [6.45, 7) is 2.69. The average Bonchev–Trinajstić information content (AvgIpc) is 3.18. The van der Waals surface area contributed by atoms with Gasteiger partial charge >= 0.3 is 5.97 Å². The molecular formula is C15H21NO3S. The van der Waals surface area contributed by atoms with E-state index in [4.69, 9.17) is 4.74 Å². The van der Waals surface area contributed by atoms with Crippen molar-refractivity contribution in [2.75, 3.05) is 19.8 Å². The van der Waals surface area contributed by atoms with Gasteiger partial charge < -0.3 is 9.84 Å². The molecule has 1 aliphatic carbocycles. The quantitative estimate of drug-likeness (QED) is 0.876. The van der Waals surface area contributed by atoms with Gasteiger partial charge in [0.15, 0.2) is 0 Å². The molecule has 1 saturated carbocycles. The topological polar surface area (TPSA) is 49.8 Å². The normalized spacial score (nSPS) is 22.1. The van der Waals surface area contributed by atoms with E-state index in [-0.39, 0.29) is 0 Å². The van der Waals surface area contributed by atoms with Gasteiger partial charge in [-0.15, -0.1) is 11.3 Å². The Morgan fingerprint density at radius 1 is 1.45 bits per heavy atom. The van der Waals surface area contributed by atoms with Gasteiger partial charge in [-0.25, -0.2) is 0 Å². The Morgan fingerprint density at radius 2 is 2.20 bits per heavy atom. The fraction of sp³-hybridized carbons (Fsp3) is 0.667. The van der Waals surface area contributed by atoms with Crippen molar-refractivity contribution in [3.63, 3.8) is 0 Å². The highest BCUT2D eigenvalue weighted by Gasteiger charge is 2.44. The summed E-state index contributed by atoms with van der Waals surface area (Å²) in [5, 5.41) is 11.8. The van der Waals surface area contributed by atoms with Gasteiger partial charge in [-0.3, -0.25) is 9.69 Å². The van der Waals surface area contributed by atoms with Gasteiger partial charge in [-0.2, -0.15) is 0 Å². The molecule has 0 bridgehead atoms. The third kappa shape index (κ3) is 3.05. The number of nitrogens with zero attached hydrogens (tertiary/aromatic N) is 1. The standard InChI is InChI=1S/C15H21NO3S/c17-14(18)15(5-7-19-8-6-15)11-16(12-3-4-12)10-13-2-1-9-20-13/h1-2,9,12H,3-8,10-11H2,(H,17,18). The predicted molar refractivity (Wildman–Crippen MR) is 77.9 cm³/mol. The summed E-state index contributed by atoms with van der Waals surface area (Å²) in [6, 6.07) is 4.78. The number of hydrogen-bond acceptors (Lipinski definition) is 4. The van der Waals surface area contributed by atoms with Crippen LogP contribution in [-0.2, 0) is 16.1 Å². The molecule has 0 unspecified atom stereocenters. The van der Waals surface area contributed by atoms with Crippen LogP contribution in [0.15, 0.2) is 17.5 Å². The van der Waals surface area contributed by atoms with Gasteiger partial charge in [-0.05, 0) is 37.1 Å². The fourth-order valence-corrected chi connectivity index (χ4v) is 3.68. The van der Waals surface area contributed by atoms with Gasteiger partial charge in [0.2, 0.25) is 0 Å². The van der Waals surface area contributed by atoms with Crippen LogP contribution in [0.2, 0.25) is 0 Å². The van der Waals surface area contributed by atoms with E-state index in [9.17, 15) is 9.90 Å². The summed E-state index contributed by atoms with van der Waals surface area (Å²) in [5.41, 5.74) is -0.613. The average molecular weight is 295 g/mol. The number of ether oxygens (including phenoxy) is 1. The SMILES string of the molecule is O=C(O)C1(CN(Cc2cccs2)C2CC2)CCOCC1. The molecule has 0 spiro atoms. The summed E-state index contributed by atoms with van der Waals surface area (Å²) in [6.07, 6.45) is 3.68. The Morgan fingerprint density at radius 3 is 2.75 bits per heavy atom. The fourth-order valence-electron chi connectivity index (χ4n) is 2.95. The molecule has 1 N–H and O–H groups in total. The van der Waals surface area contributed by atoms with Gasteiger partial charge in [0.05, 0.1) is 5.41 Å². The lowest BCUT2D eigenvalue weighted by Crippen LogP contribution is -2.47. The highest BCUT2D eigenvalue weighted by Crippen LogP contribution is 2.37. The van der Waals surface area contributed by atoms with Gasteiger partial charge in [0.1, 0.15) is 0 Å². The summed E-state index contributed by atoms with van der Waals surface area (Å²) >= 11 is 1.75. The van der Waals surface area contributed by atoms with E-state index in [0.29, 0.717) is 38.6 Å². The Hall–Kier alpha value is -0.910. The lowest BCUT2D eigenvalue weighted by atomic mass is 9.79. The van der Waals surface area contributed by atoms with Gasteiger partial charge in [0.25, 0.3) is 0 Å². The largest absolute Gasteiger partial charge is 0.481 e. The minimum atomic E-state index is -0.655. The zero-order valence-electron chi connectivity index (χ0n) is 11.6. The summed E-state index contributed by atoms with van der Waals surface area (Å²) < 4.78 is 5.36. The maximum absolute atomic E-state index is 11.8. The number of thiophene rings is 1. The van der Waals surface area contributed by atoms with E-state index in [1.165, 1.54) is 17.7 Å². The molecule has 0 amide bonds. The Bertz CT molecular complexity index is 450. The maximum atomic E-state index is 11.8. The molecule has 2 aliphatic rings. The van der Waals surface area contributed by atoms with Crippen molar-refractivity contribution in [3.05, 3.63) is 22.4 Å². The Balaban J connectivity index is 1.72. The zero-order valence-corrected chi connectivity index (χ0v) is 12.4. The minimum Gasteiger partial charge on any atom is -0.481 e. The molecule has 110 valence electrons. The molecule has 3 rings (SSSR count). The molecule has 1 aromatic rings. The number of carboxylic acid groups (broad SMARTS) is 1. The first-order valence-electron chi connectivity index (χ1n) is 7.27. The molecule has 0 aromatic carbocycles. The number of rotatable bonds is 6. The smallest absolute Gasteiger partial charge is 0.311 e. The van der Waals surface area contributed by atoms with Gasteiger partial charge in [0, 0.05) is 37.2 Å². The Labute approximate surface area is 123 Å². The van der Waals surface area contributed by atoms with Crippen molar-refractivity contribution in [2.45, 2.75) is 38.3 Å². The van der Waals surface area contributed by atoms with E-state index in [1.54, 1.807) is 11.3 Å². The third-order valence-electron chi connectivity index (χ3n) is 4.41. The first-order valence-corrected chi connectivity index (χ1v) is 8.15. The van der Waals surface area contributed by atoms with E-state index < -0.39 is 11.4 Å². The first kappa shape index (κ1) is 14.0. The van der Waals surface area contributed by atoms with Crippen LogP contribution in [-0.4, -0.2) is 41.8 Å². The van der Waals surface area contributed by atoms with Crippen molar-refractivity contribution in [2.24, 2.45) is 5.41 Å². The second-order valence-corrected chi connectivity index (χ2v) is 6.95. The Kier molecular flexibility index (Phi) is 4.10. The molecule has 0 radical (unpaired) electrons. The summed E-state index contributed by atoms with van der Waals surface area (Å²) in [5.74, 6) is -0.655. The zero-order chi connectivity index (χ0) is 14.0. The van der Waals surface area contributed by atoms with Crippen LogP contribution in [0.5, 0.6) is 0 Å². The van der Waals surface area contributed by atoms with Crippen molar-refractivity contribution in [3.8, 4) is 0 Å². The summed E-state index contributed by atoms with van der Waals surface area (Å²) in [7, 11) is 0. The molecule has 2 heterocycles. The highest BCUT2D eigenvalue weighted by molar-refractivity contribution is 7.09. The number of hydrogen-bond donors (Lipinski definition) is 1. The molecule has 4 nitrogen and oxygen atoms in total. The van der Waals surface area contributed by atoms with E-state index in [0.717, 1.165) is 6.54 Å². The number of aliphatic carboxylic acids is 1. The summed E-state index contributed by atoms with van der Waals surface area (Å²) in [4.78, 5) is 15.5. The van der Waals surface area contributed by atoms with Crippen molar-refractivity contribution in [1.82, 2.24) is 4.90 Å². The minimum absolute atomic E-state index is 0.573. The molecule has 1 saturated heterocycles. The molecule has 5 heteroatoms. The second kappa shape index (κ2) is 5.84. The lowest BCUT2D eigenvalue weighted by molar-refractivity contribution is -0.157. The number of carboxylic acids is 1. The monoisotopic (exact) mass is 295 g/mol. The van der Waals surface area contributed by atoms with Crippen LogP contribution >= 0.6 is 11.3 Å². The molecular weight excluding hydrogens is 274 g/mol. The van der Waals surface area contributed by atoms with Gasteiger partial charge in [-0.1, -0.05) is 6.07 Å². The van der Waals surface area contributed by atoms with Crippen LogP contribution in [0, 0.1) is 5.41 Å². The lowest BCUT2D eigenvalue weighted by Gasteiger charge is -2.37. The van der Waals surface area contributed by atoms with Crippen LogP contribution < -0.4 is 0 Å². The highest BCUT2D eigenvalue weighted by atomic mass is 32.1. The molecule has 2 fully saturated rings. The van der Waals surface area contributed by atoms with Crippen LogP contribution in [0.25, 0.3) is 0 Å². The van der Waals surface area contributed by atoms with E-state index >= 15 is 0 Å². The molecule has 20 heavy (non-hydrogen) atoms. The second-order valence-electron chi connectivity index (χ2n) is 5.91. The van der Waals surface area contributed by atoms with Crippen molar-refractivity contribution < 1.29 is 14.6 Å². The van der Waals surface area contributed by atoms with E-state index in [1.807, 2.05) is 0 Å². The van der Waals surface area contributed by atoms with Crippen LogP contribution in [0.1, 0.15) is 30.6 Å². The van der Waals surface area contributed by atoms with Crippen molar-refractivity contribution >= 4 is 17.3 Å². The number of carbonyl (C=O) groups is 1. The van der Waals surface area contributed by atoms with Crippen LogP contribution in [0.4, 0.5) is 0 Å². The maximum Gasteiger partial charge on any atom is 0.311 e. The molecule has 1 aromatic heterocycles. The predicted octanol–water partition coefficient (Wildman–Crippen LogP) is 2.59. The van der Waals surface area contributed by atoms with E-state index in [2.05, 4.69) is 22.4 Å². The first-order chi connectivity index (χ1) is 9.70.